The first-order chi connectivity index (χ1) is 22.8. The SMILES string of the molecule is c1cc2c3c(cccc3c1)-c1c-2ccc2c1c1ccccc1n2-c1ccc(-n2c3ccccc3c3c4ccccc4ccc32)cc1. The number of hydrogen-bond acceptors (Lipinski definition) is 0. The van der Waals surface area contributed by atoms with Crippen molar-refractivity contribution in [2.75, 3.05) is 0 Å². The van der Waals surface area contributed by atoms with Gasteiger partial charge in [0.2, 0.25) is 0 Å². The minimum atomic E-state index is 1.16. The topological polar surface area (TPSA) is 9.86 Å². The van der Waals surface area contributed by atoms with Crippen LogP contribution in [0.25, 0.3) is 98.8 Å². The smallest absolute Gasteiger partial charge is 0.0547 e. The van der Waals surface area contributed by atoms with Crippen LogP contribution in [0.2, 0.25) is 0 Å². The summed E-state index contributed by atoms with van der Waals surface area (Å²) >= 11 is 0. The van der Waals surface area contributed by atoms with Crippen molar-refractivity contribution in [3.05, 3.63) is 158 Å². The molecule has 46 heavy (non-hydrogen) atoms. The second-order valence-corrected chi connectivity index (χ2v) is 12.5. The Bertz CT molecular complexity index is 2890. The standard InChI is InChI=1S/C44H26N2/c1-2-12-31-27(9-1)19-25-39-42(31)34-13-3-5-17-37(34)45(39)29-20-22-30(23-21-29)46-38-18-6-4-14-35(38)44-40(46)26-24-33-32-15-7-10-28-11-8-16-36(41(28)32)43(33)44/h1-26H. The summed E-state index contributed by atoms with van der Waals surface area (Å²) in [7, 11) is 0. The van der Waals surface area contributed by atoms with Crippen molar-refractivity contribution < 1.29 is 0 Å². The van der Waals surface area contributed by atoms with E-state index in [0.29, 0.717) is 0 Å². The monoisotopic (exact) mass is 582 g/mol. The van der Waals surface area contributed by atoms with Gasteiger partial charge < -0.3 is 9.13 Å². The summed E-state index contributed by atoms with van der Waals surface area (Å²) < 4.78 is 4.86. The fourth-order valence-electron chi connectivity index (χ4n) is 8.38. The van der Waals surface area contributed by atoms with Gasteiger partial charge in [-0.3, -0.25) is 0 Å². The number of rotatable bonds is 2. The molecule has 0 aliphatic heterocycles. The highest BCUT2D eigenvalue weighted by Gasteiger charge is 2.26. The molecule has 2 heterocycles. The molecule has 2 nitrogen and oxygen atoms in total. The molecule has 212 valence electrons. The van der Waals surface area contributed by atoms with E-state index in [1.807, 2.05) is 0 Å². The van der Waals surface area contributed by atoms with Crippen molar-refractivity contribution in [2.24, 2.45) is 0 Å². The second-order valence-electron chi connectivity index (χ2n) is 12.5. The highest BCUT2D eigenvalue weighted by Crippen LogP contribution is 2.52. The number of hydrogen-bond donors (Lipinski definition) is 0. The molecule has 0 fully saturated rings. The van der Waals surface area contributed by atoms with Gasteiger partial charge in [-0.2, -0.15) is 0 Å². The Balaban J connectivity index is 1.15. The normalized spacial score (nSPS) is 12.3. The molecule has 1 aliphatic rings. The maximum Gasteiger partial charge on any atom is 0.0547 e. The molecule has 0 saturated heterocycles. The highest BCUT2D eigenvalue weighted by molar-refractivity contribution is 6.26. The molecule has 2 heteroatoms. The summed E-state index contributed by atoms with van der Waals surface area (Å²) in [5, 5.41) is 10.4. The molecule has 11 rings (SSSR count). The van der Waals surface area contributed by atoms with Crippen LogP contribution in [0.1, 0.15) is 0 Å². The van der Waals surface area contributed by atoms with E-state index in [-0.39, 0.29) is 0 Å². The molecule has 0 saturated carbocycles. The maximum atomic E-state index is 2.44. The van der Waals surface area contributed by atoms with Crippen molar-refractivity contribution in [1.82, 2.24) is 9.13 Å². The lowest BCUT2D eigenvalue weighted by molar-refractivity contribution is 1.14. The lowest BCUT2D eigenvalue weighted by Gasteiger charge is -2.12. The molecular formula is C44H26N2. The van der Waals surface area contributed by atoms with Crippen LogP contribution in [0, 0.1) is 0 Å². The maximum absolute atomic E-state index is 2.44. The van der Waals surface area contributed by atoms with Gasteiger partial charge in [-0.25, -0.2) is 0 Å². The van der Waals surface area contributed by atoms with E-state index in [0.717, 1.165) is 11.4 Å². The molecule has 2 aromatic heterocycles. The molecular weight excluding hydrogens is 556 g/mol. The quantitative estimate of drug-likeness (QED) is 0.192. The summed E-state index contributed by atoms with van der Waals surface area (Å²) in [5.41, 5.74) is 12.6. The van der Waals surface area contributed by atoms with Crippen LogP contribution in [-0.4, -0.2) is 9.13 Å². The minimum Gasteiger partial charge on any atom is -0.309 e. The number of benzene rings is 8. The van der Waals surface area contributed by atoms with Gasteiger partial charge in [-0.15, -0.1) is 0 Å². The summed E-state index contributed by atoms with van der Waals surface area (Å²) in [4.78, 5) is 0. The van der Waals surface area contributed by atoms with Gasteiger partial charge in [0.05, 0.1) is 22.1 Å². The molecule has 1 aliphatic carbocycles. The first-order valence-electron chi connectivity index (χ1n) is 16.0. The lowest BCUT2D eigenvalue weighted by Crippen LogP contribution is -1.97. The van der Waals surface area contributed by atoms with Crippen LogP contribution in [0.5, 0.6) is 0 Å². The van der Waals surface area contributed by atoms with E-state index in [1.165, 1.54) is 87.4 Å². The van der Waals surface area contributed by atoms with E-state index >= 15 is 0 Å². The lowest BCUT2D eigenvalue weighted by atomic mass is 9.98. The molecule has 0 radical (unpaired) electrons. The van der Waals surface area contributed by atoms with Crippen molar-refractivity contribution in [3.63, 3.8) is 0 Å². The second kappa shape index (κ2) is 8.74. The van der Waals surface area contributed by atoms with E-state index in [2.05, 4.69) is 167 Å². The van der Waals surface area contributed by atoms with Crippen LogP contribution >= 0.6 is 0 Å². The zero-order valence-corrected chi connectivity index (χ0v) is 24.9. The average molecular weight is 583 g/mol. The van der Waals surface area contributed by atoms with E-state index in [1.54, 1.807) is 0 Å². The summed E-state index contributed by atoms with van der Waals surface area (Å²) in [6.45, 7) is 0. The third kappa shape index (κ3) is 3.01. The van der Waals surface area contributed by atoms with Crippen LogP contribution in [0.15, 0.2) is 158 Å². The first kappa shape index (κ1) is 24.2. The summed E-state index contributed by atoms with van der Waals surface area (Å²) in [5.74, 6) is 0. The molecule has 0 bridgehead atoms. The highest BCUT2D eigenvalue weighted by atomic mass is 15.0. The van der Waals surface area contributed by atoms with Gasteiger partial charge in [0.25, 0.3) is 0 Å². The third-order valence-corrected chi connectivity index (χ3v) is 10.2. The molecule has 0 spiro atoms. The van der Waals surface area contributed by atoms with Crippen molar-refractivity contribution in [1.29, 1.82) is 0 Å². The Kier molecular flexibility index (Phi) is 4.61. The largest absolute Gasteiger partial charge is 0.309 e. The van der Waals surface area contributed by atoms with Crippen LogP contribution in [0.4, 0.5) is 0 Å². The Morgan fingerprint density at radius 3 is 1.54 bits per heavy atom. The van der Waals surface area contributed by atoms with Crippen LogP contribution < -0.4 is 0 Å². The van der Waals surface area contributed by atoms with Crippen molar-refractivity contribution in [2.45, 2.75) is 0 Å². The zero-order chi connectivity index (χ0) is 29.9. The fraction of sp³-hybridized carbons (Fsp3) is 0. The number of fused-ring (bicyclic) bond motifs is 12. The van der Waals surface area contributed by atoms with E-state index in [9.17, 15) is 0 Å². The molecule has 0 unspecified atom stereocenters. The van der Waals surface area contributed by atoms with Gasteiger partial charge in [0.1, 0.15) is 0 Å². The van der Waals surface area contributed by atoms with E-state index in [4.69, 9.17) is 0 Å². The Morgan fingerprint density at radius 2 is 0.826 bits per heavy atom. The molecule has 10 aromatic rings. The Hall–Kier alpha value is -6.12. The fourth-order valence-corrected chi connectivity index (χ4v) is 8.38. The predicted octanol–water partition coefficient (Wildman–Crippen LogP) is 11.8. The van der Waals surface area contributed by atoms with Crippen molar-refractivity contribution >= 4 is 65.2 Å². The molecule has 8 aromatic carbocycles. The van der Waals surface area contributed by atoms with Gasteiger partial charge >= 0.3 is 0 Å². The van der Waals surface area contributed by atoms with Gasteiger partial charge in [0.15, 0.2) is 0 Å². The molecule has 0 N–H and O–H groups in total. The Labute approximate surface area is 265 Å². The van der Waals surface area contributed by atoms with Crippen molar-refractivity contribution in [3.8, 4) is 33.6 Å². The minimum absolute atomic E-state index is 1.16. The zero-order valence-electron chi connectivity index (χ0n) is 24.9. The van der Waals surface area contributed by atoms with Gasteiger partial charge in [0, 0.05) is 38.5 Å². The van der Waals surface area contributed by atoms with Crippen LogP contribution in [-0.2, 0) is 0 Å². The van der Waals surface area contributed by atoms with Crippen LogP contribution in [0.3, 0.4) is 0 Å². The summed E-state index contributed by atoms with van der Waals surface area (Å²) in [6.07, 6.45) is 0. The summed E-state index contributed by atoms with van der Waals surface area (Å²) in [6, 6.07) is 58.1. The number of nitrogens with zero attached hydrogens (tertiary/aromatic N) is 2. The molecule has 0 atom stereocenters. The number of aromatic nitrogens is 2. The first-order valence-corrected chi connectivity index (χ1v) is 16.0. The van der Waals surface area contributed by atoms with Gasteiger partial charge in [-0.1, -0.05) is 109 Å². The third-order valence-electron chi connectivity index (χ3n) is 10.2. The Morgan fingerprint density at radius 1 is 0.283 bits per heavy atom. The average Bonchev–Trinajstić information content (AvgIpc) is 3.75. The predicted molar refractivity (Wildman–Crippen MR) is 195 cm³/mol. The van der Waals surface area contributed by atoms with E-state index < -0.39 is 0 Å². The number of para-hydroxylation sites is 2. The van der Waals surface area contributed by atoms with Gasteiger partial charge in [-0.05, 0) is 86.8 Å². The molecule has 0 amide bonds.